The predicted molar refractivity (Wildman–Crippen MR) is 129 cm³/mol. The Bertz CT molecular complexity index is 1370. The maximum absolute atomic E-state index is 13.5. The third-order valence-electron chi connectivity index (χ3n) is 6.15. The molecule has 0 aliphatic carbocycles. The minimum atomic E-state index is -0.964. The van der Waals surface area contributed by atoms with Crippen LogP contribution in [0.25, 0.3) is 16.9 Å². The van der Waals surface area contributed by atoms with Crippen molar-refractivity contribution in [3.63, 3.8) is 0 Å². The van der Waals surface area contributed by atoms with Gasteiger partial charge in [-0.05, 0) is 60.9 Å². The number of ether oxygens (including phenoxy) is 1. The normalized spacial score (nSPS) is 13.7. The van der Waals surface area contributed by atoms with Crippen molar-refractivity contribution in [2.75, 3.05) is 6.54 Å². The highest BCUT2D eigenvalue weighted by Crippen LogP contribution is 2.26. The van der Waals surface area contributed by atoms with Crippen molar-refractivity contribution in [3.05, 3.63) is 108 Å². The molecule has 3 aromatic carbocycles. The lowest BCUT2D eigenvalue weighted by atomic mass is 9.99. The van der Waals surface area contributed by atoms with Crippen LogP contribution in [0.5, 0.6) is 0 Å². The summed E-state index contributed by atoms with van der Waals surface area (Å²) in [4.78, 5) is 28.0. The maximum atomic E-state index is 13.5. The third kappa shape index (κ3) is 4.71. The van der Waals surface area contributed by atoms with Crippen molar-refractivity contribution < 1.29 is 18.7 Å². The average Bonchev–Trinajstić information content (AvgIpc) is 3.34. The number of carbonyl (C=O) groups is 2. The van der Waals surface area contributed by atoms with Gasteiger partial charge in [0.15, 0.2) is 6.10 Å². The van der Waals surface area contributed by atoms with Gasteiger partial charge in [-0.15, -0.1) is 0 Å². The van der Waals surface area contributed by atoms with Gasteiger partial charge in [-0.1, -0.05) is 42.5 Å². The molecule has 1 amide bonds. The van der Waals surface area contributed by atoms with Crippen LogP contribution in [-0.4, -0.2) is 39.2 Å². The van der Waals surface area contributed by atoms with Crippen molar-refractivity contribution in [1.82, 2.24) is 14.7 Å². The molecule has 0 saturated carbocycles. The lowest BCUT2D eigenvalue weighted by molar-refractivity contribution is -0.140. The molecule has 35 heavy (non-hydrogen) atoms. The zero-order valence-electron chi connectivity index (χ0n) is 19.2. The fraction of sp³-hybridized carbons (Fsp3) is 0.179. The van der Waals surface area contributed by atoms with Gasteiger partial charge in [-0.2, -0.15) is 5.10 Å². The summed E-state index contributed by atoms with van der Waals surface area (Å²) in [7, 11) is 0. The van der Waals surface area contributed by atoms with E-state index in [2.05, 4.69) is 11.2 Å². The van der Waals surface area contributed by atoms with E-state index >= 15 is 0 Å². The number of rotatable bonds is 5. The van der Waals surface area contributed by atoms with Crippen LogP contribution < -0.4 is 0 Å². The number of fused-ring (bicyclic) bond motifs is 1. The zero-order valence-corrected chi connectivity index (χ0v) is 19.2. The quantitative estimate of drug-likeness (QED) is 0.394. The second-order valence-electron chi connectivity index (χ2n) is 8.50. The summed E-state index contributed by atoms with van der Waals surface area (Å²) >= 11 is 0. The van der Waals surface area contributed by atoms with Crippen molar-refractivity contribution in [1.29, 1.82) is 0 Å². The van der Waals surface area contributed by atoms with Crippen molar-refractivity contribution >= 4 is 11.9 Å². The Balaban J connectivity index is 1.39. The van der Waals surface area contributed by atoms with Crippen LogP contribution in [0.3, 0.4) is 0 Å². The molecular weight excluding hydrogens is 445 g/mol. The molecule has 2 heterocycles. The molecule has 176 valence electrons. The predicted octanol–water partition coefficient (Wildman–Crippen LogP) is 4.81. The smallest absolute Gasteiger partial charge is 0.342 e. The van der Waals surface area contributed by atoms with Gasteiger partial charge < -0.3 is 9.64 Å². The molecule has 0 saturated heterocycles. The molecule has 7 heteroatoms. The summed E-state index contributed by atoms with van der Waals surface area (Å²) in [6.07, 6.45) is 1.38. The van der Waals surface area contributed by atoms with E-state index in [1.807, 2.05) is 48.5 Å². The molecule has 0 bridgehead atoms. The van der Waals surface area contributed by atoms with Crippen molar-refractivity contribution in [2.24, 2.45) is 0 Å². The van der Waals surface area contributed by atoms with Crippen LogP contribution in [-0.2, 0) is 22.5 Å². The molecule has 1 aliphatic heterocycles. The summed E-state index contributed by atoms with van der Waals surface area (Å²) < 4.78 is 20.7. The van der Waals surface area contributed by atoms with Gasteiger partial charge in [0.2, 0.25) is 0 Å². The first-order valence-electron chi connectivity index (χ1n) is 11.5. The number of benzene rings is 3. The van der Waals surface area contributed by atoms with Crippen LogP contribution >= 0.6 is 0 Å². The highest BCUT2D eigenvalue weighted by atomic mass is 19.1. The van der Waals surface area contributed by atoms with Gasteiger partial charge in [0.1, 0.15) is 17.1 Å². The van der Waals surface area contributed by atoms with Crippen molar-refractivity contribution in [3.8, 4) is 16.9 Å². The zero-order chi connectivity index (χ0) is 24.4. The Hall–Kier alpha value is -4.26. The summed E-state index contributed by atoms with van der Waals surface area (Å²) in [5.41, 5.74) is 4.21. The van der Waals surface area contributed by atoms with E-state index in [9.17, 15) is 14.0 Å². The monoisotopic (exact) mass is 469 g/mol. The van der Waals surface area contributed by atoms with Gasteiger partial charge in [-0.25, -0.2) is 13.9 Å². The Labute approximate surface area is 202 Å². The molecule has 0 radical (unpaired) electrons. The Morgan fingerprint density at radius 1 is 0.943 bits per heavy atom. The summed E-state index contributed by atoms with van der Waals surface area (Å²) in [6.45, 7) is 2.65. The molecule has 4 aromatic rings. The number of aromatic nitrogens is 2. The van der Waals surface area contributed by atoms with Gasteiger partial charge in [0, 0.05) is 24.8 Å². The third-order valence-corrected chi connectivity index (χ3v) is 6.15. The van der Waals surface area contributed by atoms with E-state index in [4.69, 9.17) is 4.74 Å². The topological polar surface area (TPSA) is 64.4 Å². The molecule has 0 N–H and O–H groups in total. The Morgan fingerprint density at radius 2 is 1.63 bits per heavy atom. The first kappa shape index (κ1) is 22.5. The van der Waals surface area contributed by atoms with Gasteiger partial charge in [-0.3, -0.25) is 4.79 Å². The molecule has 0 unspecified atom stereocenters. The SMILES string of the molecule is C[C@H](OC(=O)c1cn(-c2ccccc2)nc1-c1ccc(F)cc1)C(=O)N1CCc2ccccc2C1. The number of halogens is 1. The van der Waals surface area contributed by atoms with Gasteiger partial charge in [0.25, 0.3) is 5.91 Å². The highest BCUT2D eigenvalue weighted by molar-refractivity contribution is 5.97. The fourth-order valence-corrected chi connectivity index (χ4v) is 4.27. The number of nitrogens with zero attached hydrogens (tertiary/aromatic N) is 3. The van der Waals surface area contributed by atoms with Crippen LogP contribution in [0.2, 0.25) is 0 Å². The Kier molecular flexibility index (Phi) is 6.14. The Morgan fingerprint density at radius 3 is 2.37 bits per heavy atom. The van der Waals surface area contributed by atoms with Gasteiger partial charge in [0.05, 0.1) is 5.69 Å². The molecule has 1 aliphatic rings. The van der Waals surface area contributed by atoms with Crippen LogP contribution in [0.4, 0.5) is 4.39 Å². The molecule has 5 rings (SSSR count). The van der Waals surface area contributed by atoms with Crippen LogP contribution in [0, 0.1) is 5.82 Å². The minimum absolute atomic E-state index is 0.198. The number of hydrogen-bond donors (Lipinski definition) is 0. The molecule has 0 spiro atoms. The summed E-state index contributed by atoms with van der Waals surface area (Å²) in [6, 6.07) is 23.1. The first-order chi connectivity index (χ1) is 17.0. The van der Waals surface area contributed by atoms with Crippen molar-refractivity contribution in [2.45, 2.75) is 26.0 Å². The molecule has 1 aromatic heterocycles. The highest BCUT2D eigenvalue weighted by Gasteiger charge is 2.29. The largest absolute Gasteiger partial charge is 0.449 e. The van der Waals surface area contributed by atoms with E-state index < -0.39 is 12.1 Å². The number of para-hydroxylation sites is 1. The van der Waals surface area contributed by atoms with E-state index in [0.717, 1.165) is 17.7 Å². The number of esters is 1. The maximum Gasteiger partial charge on any atom is 0.342 e. The van der Waals surface area contributed by atoms with E-state index in [-0.39, 0.29) is 17.3 Å². The number of carbonyl (C=O) groups excluding carboxylic acids is 2. The average molecular weight is 470 g/mol. The summed E-state index contributed by atoms with van der Waals surface area (Å²) in [5.74, 6) is -1.29. The molecule has 1 atom stereocenters. The molecule has 6 nitrogen and oxygen atoms in total. The fourth-order valence-electron chi connectivity index (χ4n) is 4.27. The lowest BCUT2D eigenvalue weighted by Crippen LogP contribution is -2.42. The second-order valence-corrected chi connectivity index (χ2v) is 8.50. The number of amides is 1. The summed E-state index contributed by atoms with van der Waals surface area (Å²) in [5, 5.41) is 4.57. The number of hydrogen-bond acceptors (Lipinski definition) is 4. The molecule has 0 fully saturated rings. The second kappa shape index (κ2) is 9.54. The van der Waals surface area contributed by atoms with Gasteiger partial charge >= 0.3 is 5.97 Å². The lowest BCUT2D eigenvalue weighted by Gasteiger charge is -2.30. The van der Waals surface area contributed by atoms with E-state index in [1.165, 1.54) is 17.7 Å². The minimum Gasteiger partial charge on any atom is -0.449 e. The first-order valence-corrected chi connectivity index (χ1v) is 11.5. The molecular formula is C28H24FN3O3. The van der Waals surface area contributed by atoms with Crippen LogP contribution in [0.1, 0.15) is 28.4 Å². The standard InChI is InChI=1S/C28H24FN3O3/c1-19(27(33)31-16-15-20-7-5-6-8-22(20)17-31)35-28(34)25-18-32(24-9-3-2-4-10-24)30-26(25)21-11-13-23(29)14-12-21/h2-14,18-19H,15-17H2,1H3/t19-/m0/s1. The van der Waals surface area contributed by atoms with E-state index in [0.29, 0.717) is 24.3 Å². The van der Waals surface area contributed by atoms with E-state index in [1.54, 1.807) is 34.8 Å². The van der Waals surface area contributed by atoms with Crippen LogP contribution in [0.15, 0.2) is 85.1 Å².